The molecule has 2 aromatic rings. The molecule has 0 aliphatic heterocycles. The van der Waals surface area contributed by atoms with Crippen LogP contribution in [0.25, 0.3) is 10.9 Å². The van der Waals surface area contributed by atoms with Crippen LogP contribution in [0.1, 0.15) is 37.7 Å². The van der Waals surface area contributed by atoms with Crippen LogP contribution in [0.5, 0.6) is 0 Å². The molecule has 1 aliphatic carbocycles. The van der Waals surface area contributed by atoms with E-state index in [0.29, 0.717) is 0 Å². The average molecular weight is 272 g/mol. The van der Waals surface area contributed by atoms with Crippen molar-refractivity contribution in [2.24, 2.45) is 7.05 Å². The minimum Gasteiger partial charge on any atom is -0.392 e. The quantitative estimate of drug-likeness (QED) is 0.843. The molecular weight excluding hydrogens is 248 g/mol. The summed E-state index contributed by atoms with van der Waals surface area (Å²) in [6.07, 6.45) is 7.67. The van der Waals surface area contributed by atoms with Gasteiger partial charge >= 0.3 is 0 Å². The lowest BCUT2D eigenvalue weighted by atomic mass is 10.1. The third-order valence-corrected chi connectivity index (χ3v) is 4.51. The van der Waals surface area contributed by atoms with E-state index in [4.69, 9.17) is 0 Å². The molecule has 108 valence electrons. The van der Waals surface area contributed by atoms with Crippen LogP contribution in [-0.4, -0.2) is 21.8 Å². The number of para-hydroxylation sites is 1. The number of nitrogens with one attached hydrogen (secondary N) is 1. The normalized spacial score (nSPS) is 23.9. The third kappa shape index (κ3) is 2.74. The van der Waals surface area contributed by atoms with E-state index in [2.05, 4.69) is 47.4 Å². The van der Waals surface area contributed by atoms with Crippen molar-refractivity contribution < 1.29 is 5.11 Å². The van der Waals surface area contributed by atoms with E-state index in [1.807, 2.05) is 0 Å². The van der Waals surface area contributed by atoms with Gasteiger partial charge in [-0.25, -0.2) is 0 Å². The summed E-state index contributed by atoms with van der Waals surface area (Å²) in [6.45, 7) is 0.836. The molecule has 2 atom stereocenters. The summed E-state index contributed by atoms with van der Waals surface area (Å²) in [5, 5.41) is 15.1. The fourth-order valence-electron chi connectivity index (χ4n) is 3.33. The SMILES string of the molecule is Cn1cc(CNC2CCCCCC2O)c2ccccc21. The predicted molar refractivity (Wildman–Crippen MR) is 82.6 cm³/mol. The second-order valence-electron chi connectivity index (χ2n) is 5.98. The lowest BCUT2D eigenvalue weighted by Crippen LogP contribution is -2.38. The van der Waals surface area contributed by atoms with Crippen LogP contribution < -0.4 is 5.32 Å². The number of hydrogen-bond acceptors (Lipinski definition) is 2. The smallest absolute Gasteiger partial charge is 0.0693 e. The molecular formula is C17H24N2O. The second kappa shape index (κ2) is 5.98. The molecule has 3 nitrogen and oxygen atoms in total. The molecule has 1 heterocycles. The number of fused-ring (bicyclic) bond motifs is 1. The Balaban J connectivity index is 1.73. The maximum absolute atomic E-state index is 10.2. The number of hydrogen-bond donors (Lipinski definition) is 2. The number of benzene rings is 1. The first-order valence-electron chi connectivity index (χ1n) is 7.70. The summed E-state index contributed by atoms with van der Waals surface area (Å²) in [7, 11) is 2.09. The van der Waals surface area contributed by atoms with Crippen molar-refractivity contribution in [1.29, 1.82) is 0 Å². The Hall–Kier alpha value is -1.32. The summed E-state index contributed by atoms with van der Waals surface area (Å²) >= 11 is 0. The lowest BCUT2D eigenvalue weighted by Gasteiger charge is -2.21. The predicted octanol–water partition coefficient (Wildman–Crippen LogP) is 2.96. The van der Waals surface area contributed by atoms with E-state index in [0.717, 1.165) is 25.8 Å². The molecule has 1 saturated carbocycles. The average Bonchev–Trinajstić information content (AvgIpc) is 2.64. The van der Waals surface area contributed by atoms with E-state index >= 15 is 0 Å². The Labute approximate surface area is 120 Å². The largest absolute Gasteiger partial charge is 0.392 e. The van der Waals surface area contributed by atoms with Gasteiger partial charge in [0.25, 0.3) is 0 Å². The summed E-state index contributed by atoms with van der Waals surface area (Å²) in [6, 6.07) is 8.74. The van der Waals surface area contributed by atoms with Gasteiger partial charge in [-0.3, -0.25) is 0 Å². The van der Waals surface area contributed by atoms with Gasteiger partial charge in [0.2, 0.25) is 0 Å². The van der Waals surface area contributed by atoms with Crippen LogP contribution in [0.15, 0.2) is 30.5 Å². The van der Waals surface area contributed by atoms with Crippen molar-refractivity contribution in [1.82, 2.24) is 9.88 Å². The van der Waals surface area contributed by atoms with Gasteiger partial charge in [0.15, 0.2) is 0 Å². The topological polar surface area (TPSA) is 37.2 Å². The second-order valence-corrected chi connectivity index (χ2v) is 5.98. The molecule has 0 amide bonds. The van der Waals surface area contributed by atoms with Crippen molar-refractivity contribution in [2.45, 2.75) is 50.8 Å². The maximum Gasteiger partial charge on any atom is 0.0693 e. The standard InChI is InChI=1S/C17H24N2O/c1-19-12-13(14-7-5-6-9-16(14)19)11-18-15-8-3-2-4-10-17(15)20/h5-7,9,12,15,17-18,20H,2-4,8,10-11H2,1H3. The molecule has 0 saturated heterocycles. The van der Waals surface area contributed by atoms with Gasteiger partial charge in [-0.05, 0) is 24.5 Å². The van der Waals surface area contributed by atoms with Crippen molar-refractivity contribution in [3.8, 4) is 0 Å². The number of rotatable bonds is 3. The maximum atomic E-state index is 10.2. The molecule has 2 unspecified atom stereocenters. The molecule has 0 bridgehead atoms. The van der Waals surface area contributed by atoms with Gasteiger partial charge in [0, 0.05) is 36.7 Å². The van der Waals surface area contributed by atoms with Crippen LogP contribution in [0.3, 0.4) is 0 Å². The van der Waals surface area contributed by atoms with Gasteiger partial charge in [0.1, 0.15) is 0 Å². The zero-order chi connectivity index (χ0) is 13.9. The highest BCUT2D eigenvalue weighted by molar-refractivity contribution is 5.83. The highest BCUT2D eigenvalue weighted by atomic mass is 16.3. The van der Waals surface area contributed by atoms with Gasteiger partial charge in [0.05, 0.1) is 6.10 Å². The first-order chi connectivity index (χ1) is 9.75. The Kier molecular flexibility index (Phi) is 4.08. The zero-order valence-corrected chi connectivity index (χ0v) is 12.2. The van der Waals surface area contributed by atoms with Crippen LogP contribution in [0.2, 0.25) is 0 Å². The fraction of sp³-hybridized carbons (Fsp3) is 0.529. The van der Waals surface area contributed by atoms with Crippen molar-refractivity contribution >= 4 is 10.9 Å². The summed E-state index contributed by atoms with van der Waals surface area (Å²) < 4.78 is 2.18. The van der Waals surface area contributed by atoms with Gasteiger partial charge in [-0.2, -0.15) is 0 Å². The molecule has 1 aromatic carbocycles. The highest BCUT2D eigenvalue weighted by Gasteiger charge is 2.21. The van der Waals surface area contributed by atoms with Gasteiger partial charge < -0.3 is 15.0 Å². The van der Waals surface area contributed by atoms with E-state index in [1.165, 1.54) is 29.3 Å². The Bertz CT molecular complexity index is 575. The molecule has 1 aliphatic rings. The van der Waals surface area contributed by atoms with Crippen molar-refractivity contribution in [2.75, 3.05) is 0 Å². The zero-order valence-electron chi connectivity index (χ0n) is 12.2. The molecule has 1 fully saturated rings. The van der Waals surface area contributed by atoms with Gasteiger partial charge in [-0.15, -0.1) is 0 Å². The van der Waals surface area contributed by atoms with Crippen LogP contribution in [-0.2, 0) is 13.6 Å². The monoisotopic (exact) mass is 272 g/mol. The molecule has 0 radical (unpaired) electrons. The molecule has 20 heavy (non-hydrogen) atoms. The number of aromatic nitrogens is 1. The van der Waals surface area contributed by atoms with Gasteiger partial charge in [-0.1, -0.05) is 37.5 Å². The summed E-state index contributed by atoms with van der Waals surface area (Å²) in [5.74, 6) is 0. The third-order valence-electron chi connectivity index (χ3n) is 4.51. The van der Waals surface area contributed by atoms with Crippen LogP contribution in [0.4, 0.5) is 0 Å². The summed E-state index contributed by atoms with van der Waals surface area (Å²) in [4.78, 5) is 0. The molecule has 0 spiro atoms. The number of aliphatic hydroxyl groups excluding tert-OH is 1. The Morgan fingerprint density at radius 3 is 2.90 bits per heavy atom. The number of aliphatic hydroxyl groups is 1. The van der Waals surface area contributed by atoms with E-state index in [-0.39, 0.29) is 12.1 Å². The van der Waals surface area contributed by atoms with Crippen LogP contribution in [0, 0.1) is 0 Å². The number of aryl methyl sites for hydroxylation is 1. The molecule has 3 heteroatoms. The molecule has 1 aromatic heterocycles. The van der Waals surface area contributed by atoms with E-state index in [1.54, 1.807) is 0 Å². The molecule has 2 N–H and O–H groups in total. The molecule has 3 rings (SSSR count). The Morgan fingerprint density at radius 1 is 1.20 bits per heavy atom. The van der Waals surface area contributed by atoms with E-state index < -0.39 is 0 Å². The minimum atomic E-state index is -0.188. The lowest BCUT2D eigenvalue weighted by molar-refractivity contribution is 0.119. The number of nitrogens with zero attached hydrogens (tertiary/aromatic N) is 1. The van der Waals surface area contributed by atoms with Crippen LogP contribution >= 0.6 is 0 Å². The van der Waals surface area contributed by atoms with E-state index in [9.17, 15) is 5.11 Å². The highest BCUT2D eigenvalue weighted by Crippen LogP contribution is 2.22. The van der Waals surface area contributed by atoms with Crippen molar-refractivity contribution in [3.05, 3.63) is 36.0 Å². The first kappa shape index (κ1) is 13.7. The minimum absolute atomic E-state index is 0.188. The first-order valence-corrected chi connectivity index (χ1v) is 7.70. The fourth-order valence-corrected chi connectivity index (χ4v) is 3.33. The van der Waals surface area contributed by atoms with Crippen molar-refractivity contribution in [3.63, 3.8) is 0 Å². The summed E-state index contributed by atoms with van der Waals surface area (Å²) in [5.41, 5.74) is 2.59. The Morgan fingerprint density at radius 2 is 2.00 bits per heavy atom.